The molecule has 0 aromatic heterocycles. The Morgan fingerprint density at radius 3 is 3.09 bits per heavy atom. The van der Waals surface area contributed by atoms with Gasteiger partial charge in [-0.1, -0.05) is 12.1 Å². The van der Waals surface area contributed by atoms with Crippen LogP contribution in [0.5, 0.6) is 0 Å². The van der Waals surface area contributed by atoms with Crippen LogP contribution in [0.15, 0.2) is 24.3 Å². The Morgan fingerprint density at radius 1 is 1.41 bits per heavy atom. The van der Waals surface area contributed by atoms with Gasteiger partial charge in [-0.15, -0.1) is 0 Å². The van der Waals surface area contributed by atoms with Crippen LogP contribution in [0.2, 0.25) is 0 Å². The predicted octanol–water partition coefficient (Wildman–Crippen LogP) is 1.56. The molecule has 1 N–H and O–H groups in total. The van der Waals surface area contributed by atoms with Crippen LogP contribution in [-0.2, 0) is 19.1 Å². The maximum absolute atomic E-state index is 12.3. The number of fused-ring (bicyclic) bond motifs is 1. The van der Waals surface area contributed by atoms with Gasteiger partial charge >= 0.3 is 0 Å². The summed E-state index contributed by atoms with van der Waals surface area (Å²) in [6.45, 7) is 1.73. The van der Waals surface area contributed by atoms with E-state index < -0.39 is 0 Å². The Labute approximate surface area is 129 Å². The molecule has 0 aliphatic carbocycles. The molecule has 1 atom stereocenters. The van der Waals surface area contributed by atoms with E-state index >= 15 is 0 Å². The number of carbonyl (C=O) groups excluding carboxylic acids is 2. The molecule has 1 saturated heterocycles. The van der Waals surface area contributed by atoms with Crippen molar-refractivity contribution in [2.75, 3.05) is 36.6 Å². The van der Waals surface area contributed by atoms with E-state index in [2.05, 4.69) is 5.32 Å². The van der Waals surface area contributed by atoms with Crippen molar-refractivity contribution in [3.05, 3.63) is 24.3 Å². The summed E-state index contributed by atoms with van der Waals surface area (Å²) in [5.74, 6) is -0.276. The van der Waals surface area contributed by atoms with Gasteiger partial charge < -0.3 is 19.7 Å². The molecule has 2 amide bonds. The molecule has 0 spiro atoms. The van der Waals surface area contributed by atoms with Gasteiger partial charge in [-0.2, -0.15) is 0 Å². The molecule has 118 valence electrons. The lowest BCUT2D eigenvalue weighted by molar-refractivity contribution is -0.122. The van der Waals surface area contributed by atoms with Gasteiger partial charge in [0.15, 0.2) is 0 Å². The molecule has 1 aromatic rings. The highest BCUT2D eigenvalue weighted by molar-refractivity contribution is 6.09. The summed E-state index contributed by atoms with van der Waals surface area (Å²) in [6, 6.07) is 7.31. The molecule has 0 saturated carbocycles. The number of rotatable bonds is 5. The average molecular weight is 304 g/mol. The normalized spacial score (nSPS) is 20.6. The van der Waals surface area contributed by atoms with Gasteiger partial charge in [-0.05, 0) is 25.0 Å². The lowest BCUT2D eigenvalue weighted by atomic mass is 10.2. The molecule has 2 heterocycles. The molecule has 1 unspecified atom stereocenters. The Morgan fingerprint density at radius 2 is 2.27 bits per heavy atom. The number of anilines is 2. The molecule has 1 fully saturated rings. The summed E-state index contributed by atoms with van der Waals surface area (Å²) < 4.78 is 11.0. The van der Waals surface area contributed by atoms with Crippen LogP contribution >= 0.6 is 0 Å². The lowest BCUT2D eigenvalue weighted by Crippen LogP contribution is -2.42. The number of para-hydroxylation sites is 2. The summed E-state index contributed by atoms with van der Waals surface area (Å²) >= 11 is 0. The van der Waals surface area contributed by atoms with Crippen LogP contribution in [0.4, 0.5) is 11.4 Å². The highest BCUT2D eigenvalue weighted by Gasteiger charge is 2.26. The molecule has 1 aromatic carbocycles. The van der Waals surface area contributed by atoms with Crippen LogP contribution < -0.4 is 10.2 Å². The standard InChI is InChI=1S/C16H20N2O4/c19-15-10-18(14-6-2-1-5-13(14)17-15)16(20)7-9-21-11-12-4-3-8-22-12/h1-2,5-6,12H,3-4,7-11H2,(H,17,19). The maximum atomic E-state index is 12.3. The molecular formula is C16H20N2O4. The minimum atomic E-state index is -0.174. The van der Waals surface area contributed by atoms with Crippen molar-refractivity contribution in [1.29, 1.82) is 0 Å². The van der Waals surface area contributed by atoms with Gasteiger partial charge in [0.25, 0.3) is 0 Å². The second-order valence-corrected chi connectivity index (χ2v) is 5.51. The first kappa shape index (κ1) is 15.0. The SMILES string of the molecule is O=C1CN(C(=O)CCOCC2CCCO2)c2ccccc2N1. The van der Waals surface area contributed by atoms with Crippen LogP contribution in [0.3, 0.4) is 0 Å². The summed E-state index contributed by atoms with van der Waals surface area (Å²) in [5, 5.41) is 2.77. The third-order valence-electron chi connectivity index (χ3n) is 3.86. The number of carbonyl (C=O) groups is 2. The van der Waals surface area contributed by atoms with Gasteiger partial charge in [-0.25, -0.2) is 0 Å². The van der Waals surface area contributed by atoms with Crippen LogP contribution in [0, 0.1) is 0 Å². The summed E-state index contributed by atoms with van der Waals surface area (Å²) in [6.07, 6.45) is 2.52. The van der Waals surface area contributed by atoms with Crippen molar-refractivity contribution >= 4 is 23.2 Å². The van der Waals surface area contributed by atoms with Crippen molar-refractivity contribution < 1.29 is 19.1 Å². The van der Waals surface area contributed by atoms with E-state index in [0.29, 0.717) is 18.9 Å². The van der Waals surface area contributed by atoms with E-state index in [-0.39, 0.29) is 30.9 Å². The fourth-order valence-corrected chi connectivity index (χ4v) is 2.74. The Balaban J connectivity index is 1.52. The first-order valence-electron chi connectivity index (χ1n) is 7.62. The molecule has 2 aliphatic rings. The zero-order valence-electron chi connectivity index (χ0n) is 12.4. The highest BCUT2D eigenvalue weighted by Crippen LogP contribution is 2.29. The van der Waals surface area contributed by atoms with Gasteiger partial charge in [-0.3, -0.25) is 9.59 Å². The van der Waals surface area contributed by atoms with Crippen molar-refractivity contribution in [1.82, 2.24) is 0 Å². The van der Waals surface area contributed by atoms with Crippen LogP contribution in [0.1, 0.15) is 19.3 Å². The predicted molar refractivity (Wildman–Crippen MR) is 81.8 cm³/mol. The van der Waals surface area contributed by atoms with E-state index in [9.17, 15) is 9.59 Å². The van der Waals surface area contributed by atoms with E-state index in [4.69, 9.17) is 9.47 Å². The minimum Gasteiger partial charge on any atom is -0.378 e. The van der Waals surface area contributed by atoms with Gasteiger partial charge in [0.1, 0.15) is 6.54 Å². The van der Waals surface area contributed by atoms with Gasteiger partial charge in [0.05, 0.1) is 37.1 Å². The number of benzene rings is 1. The maximum Gasteiger partial charge on any atom is 0.244 e. The Bertz CT molecular complexity index is 555. The monoisotopic (exact) mass is 304 g/mol. The van der Waals surface area contributed by atoms with Gasteiger partial charge in [0.2, 0.25) is 11.8 Å². The second kappa shape index (κ2) is 6.89. The Kier molecular flexibility index (Phi) is 4.70. The highest BCUT2D eigenvalue weighted by atomic mass is 16.5. The number of amides is 2. The number of nitrogens with zero attached hydrogens (tertiary/aromatic N) is 1. The number of ether oxygens (including phenoxy) is 2. The van der Waals surface area contributed by atoms with E-state index in [1.807, 2.05) is 18.2 Å². The van der Waals surface area contributed by atoms with Crippen molar-refractivity contribution in [3.63, 3.8) is 0 Å². The quantitative estimate of drug-likeness (QED) is 0.838. The molecule has 2 aliphatic heterocycles. The van der Waals surface area contributed by atoms with Crippen molar-refractivity contribution in [2.45, 2.75) is 25.4 Å². The van der Waals surface area contributed by atoms with Crippen molar-refractivity contribution in [2.24, 2.45) is 0 Å². The molecule has 22 heavy (non-hydrogen) atoms. The lowest BCUT2D eigenvalue weighted by Gasteiger charge is -2.29. The average Bonchev–Trinajstić information content (AvgIpc) is 3.04. The Hall–Kier alpha value is -1.92. The van der Waals surface area contributed by atoms with E-state index in [0.717, 1.165) is 25.1 Å². The molecule has 0 radical (unpaired) electrons. The number of hydrogen-bond acceptors (Lipinski definition) is 4. The first-order chi connectivity index (χ1) is 10.7. The fourth-order valence-electron chi connectivity index (χ4n) is 2.74. The zero-order valence-corrected chi connectivity index (χ0v) is 12.4. The van der Waals surface area contributed by atoms with Gasteiger partial charge in [0, 0.05) is 6.61 Å². The number of hydrogen-bond donors (Lipinski definition) is 1. The van der Waals surface area contributed by atoms with Crippen LogP contribution in [0.25, 0.3) is 0 Å². The molecular weight excluding hydrogens is 284 g/mol. The molecule has 6 nitrogen and oxygen atoms in total. The topological polar surface area (TPSA) is 67.9 Å². The number of nitrogens with one attached hydrogen (secondary N) is 1. The molecule has 3 rings (SSSR count). The zero-order chi connectivity index (χ0) is 15.4. The first-order valence-corrected chi connectivity index (χ1v) is 7.62. The smallest absolute Gasteiger partial charge is 0.244 e. The summed E-state index contributed by atoms with van der Waals surface area (Å²) in [7, 11) is 0. The third kappa shape index (κ3) is 3.45. The minimum absolute atomic E-state index is 0.0571. The largest absolute Gasteiger partial charge is 0.378 e. The molecule has 0 bridgehead atoms. The third-order valence-corrected chi connectivity index (χ3v) is 3.86. The summed E-state index contributed by atoms with van der Waals surface area (Å²) in [5.41, 5.74) is 1.42. The van der Waals surface area contributed by atoms with Crippen LogP contribution in [-0.4, -0.2) is 44.3 Å². The molecule has 6 heteroatoms. The van der Waals surface area contributed by atoms with E-state index in [1.54, 1.807) is 6.07 Å². The van der Waals surface area contributed by atoms with E-state index in [1.165, 1.54) is 4.90 Å². The summed E-state index contributed by atoms with van der Waals surface area (Å²) in [4.78, 5) is 25.5. The second-order valence-electron chi connectivity index (χ2n) is 5.51. The van der Waals surface area contributed by atoms with Crippen molar-refractivity contribution in [3.8, 4) is 0 Å². The fraction of sp³-hybridized carbons (Fsp3) is 0.500.